The summed E-state index contributed by atoms with van der Waals surface area (Å²) < 4.78 is 9.44. The molecule has 2 saturated heterocycles. The maximum absolute atomic E-state index is 11.3. The number of allylic oxidation sites excluding steroid dienone is 13. The third-order valence-corrected chi connectivity index (χ3v) is 15.4. The van der Waals surface area contributed by atoms with Crippen molar-refractivity contribution in [3.8, 4) is 11.8 Å². The van der Waals surface area contributed by atoms with Crippen molar-refractivity contribution in [2.45, 2.75) is 123 Å². The first kappa shape index (κ1) is 37.4. The lowest BCUT2D eigenvalue weighted by atomic mass is 9.84. The Bertz CT molecular complexity index is 2690. The lowest BCUT2D eigenvalue weighted by Crippen LogP contribution is -2.67. The lowest BCUT2D eigenvalue weighted by molar-refractivity contribution is -0.0361. The Morgan fingerprint density at radius 2 is 1.72 bits per heavy atom. The molecule has 0 bridgehead atoms. The van der Waals surface area contributed by atoms with Gasteiger partial charge in [0.15, 0.2) is 0 Å². The molecular weight excluding hydrogens is 747 g/mol. The van der Waals surface area contributed by atoms with E-state index in [1.807, 2.05) is 0 Å². The molecule has 1 N–H and O–H groups in total. The SMILES string of the molecule is CC1=CC2C3=C(CCC(C)=C3)N(c3cc(-n4c5c(c6c4CCC(C)=C6)CC(C)C=C5)c(C4NC(C5=C6OC7=CCCC=C7C6CC=C5)N4C4C=CCCC4)cc3C#N)C2C=C1. The summed E-state index contributed by atoms with van der Waals surface area (Å²) in [7, 11) is 0. The maximum Gasteiger partial charge on any atom is 0.126 e. The first-order valence-electron chi connectivity index (χ1n) is 23.3. The second-order valence-corrected chi connectivity index (χ2v) is 19.4. The molecule has 12 rings (SSSR count). The van der Waals surface area contributed by atoms with Crippen molar-refractivity contribution in [2.24, 2.45) is 17.8 Å². The Hall–Kier alpha value is -5.35. The number of fused-ring (bicyclic) bond motifs is 8. The second-order valence-electron chi connectivity index (χ2n) is 19.4. The van der Waals surface area contributed by atoms with Crippen LogP contribution in [-0.4, -0.2) is 27.7 Å². The minimum absolute atomic E-state index is 0.00300. The molecule has 1 aromatic heterocycles. The largest absolute Gasteiger partial charge is 0.461 e. The van der Waals surface area contributed by atoms with E-state index in [-0.39, 0.29) is 36.3 Å². The standard InChI is InChI=1S/C55H57N5O/c1-32-17-21-46-41(25-32)42-26-33(2)18-22-47(42)59(46)50-30-51(60-48-23-19-34(3)27-43(48)44-28-35(4)20-24-49(44)60)45(29-36(50)31-56)55-57-54(58(55)37-11-6-5-7-12-37)40-15-10-14-39-38-13-8-9-16-52(38)61-53(39)40/h6,10-11,13,15-17,19,21,23,25-26,28-30,34,37,39,41,46,54-55,57H,5,7-9,12,14,18,20,22,24,27H2,1-4H3. The van der Waals surface area contributed by atoms with E-state index in [4.69, 9.17) is 4.74 Å². The van der Waals surface area contributed by atoms with E-state index in [1.54, 1.807) is 0 Å². The predicted octanol–water partition coefficient (Wildman–Crippen LogP) is 12.0. The molecule has 4 heterocycles. The van der Waals surface area contributed by atoms with E-state index < -0.39 is 0 Å². The highest BCUT2D eigenvalue weighted by molar-refractivity contribution is 5.77. The van der Waals surface area contributed by atoms with Gasteiger partial charge in [-0.1, -0.05) is 90.5 Å². The number of aromatic nitrogens is 1. The zero-order valence-corrected chi connectivity index (χ0v) is 36.2. The summed E-state index contributed by atoms with van der Waals surface area (Å²) in [6.45, 7) is 9.15. The van der Waals surface area contributed by atoms with Crippen LogP contribution in [0.3, 0.4) is 0 Å². The fourth-order valence-electron chi connectivity index (χ4n) is 12.5. The molecule has 6 heteroatoms. The van der Waals surface area contributed by atoms with Gasteiger partial charge in [-0.05, 0) is 138 Å². The Labute approximate surface area is 361 Å². The zero-order chi connectivity index (χ0) is 41.1. The first-order valence-corrected chi connectivity index (χ1v) is 23.3. The molecule has 10 aliphatic rings. The quantitative estimate of drug-likeness (QED) is 0.305. The Morgan fingerprint density at radius 3 is 2.59 bits per heavy atom. The molecule has 2 aromatic rings. The van der Waals surface area contributed by atoms with Crippen molar-refractivity contribution >= 4 is 17.8 Å². The number of nitrogens with zero attached hydrogens (tertiary/aromatic N) is 4. The highest BCUT2D eigenvalue weighted by atomic mass is 16.5. The van der Waals surface area contributed by atoms with Gasteiger partial charge in [0.05, 0.1) is 35.3 Å². The normalized spacial score (nSPS) is 30.8. The molecule has 1 aromatic carbocycles. The van der Waals surface area contributed by atoms with Crippen molar-refractivity contribution < 1.29 is 4.74 Å². The molecule has 0 amide bonds. The van der Waals surface area contributed by atoms with Gasteiger partial charge < -0.3 is 14.2 Å². The van der Waals surface area contributed by atoms with Crippen LogP contribution in [-0.2, 0) is 17.6 Å². The van der Waals surface area contributed by atoms with Crippen LogP contribution in [0.1, 0.15) is 125 Å². The van der Waals surface area contributed by atoms with Crippen molar-refractivity contribution in [2.75, 3.05) is 4.90 Å². The number of benzene rings is 1. The summed E-state index contributed by atoms with van der Waals surface area (Å²) in [4.78, 5) is 5.29. The van der Waals surface area contributed by atoms with Crippen LogP contribution in [0.25, 0.3) is 17.8 Å². The van der Waals surface area contributed by atoms with Gasteiger partial charge in [-0.2, -0.15) is 5.26 Å². The highest BCUT2D eigenvalue weighted by Crippen LogP contribution is 2.52. The minimum atomic E-state index is -0.0968. The van der Waals surface area contributed by atoms with Crippen LogP contribution in [0.15, 0.2) is 130 Å². The van der Waals surface area contributed by atoms with Crippen LogP contribution < -0.4 is 10.2 Å². The topological polar surface area (TPSA) is 56.5 Å². The molecule has 7 atom stereocenters. The number of nitrogens with one attached hydrogen (secondary N) is 1. The summed E-state index contributed by atoms with van der Waals surface area (Å²) >= 11 is 0. The monoisotopic (exact) mass is 803 g/mol. The second kappa shape index (κ2) is 14.4. The molecule has 2 fully saturated rings. The van der Waals surface area contributed by atoms with Crippen molar-refractivity contribution in [3.63, 3.8) is 0 Å². The number of anilines is 1. The molecule has 0 saturated carbocycles. The Balaban J connectivity index is 1.07. The highest BCUT2D eigenvalue weighted by Gasteiger charge is 2.49. The Morgan fingerprint density at radius 1 is 0.852 bits per heavy atom. The number of hydrogen-bond acceptors (Lipinski definition) is 5. The number of ether oxygens (including phenoxy) is 1. The van der Waals surface area contributed by atoms with Gasteiger partial charge in [0, 0.05) is 51.7 Å². The molecular formula is C55H57N5O. The van der Waals surface area contributed by atoms with Gasteiger partial charge >= 0.3 is 0 Å². The van der Waals surface area contributed by atoms with E-state index in [2.05, 4.69) is 145 Å². The first-order chi connectivity index (χ1) is 29.8. The summed E-state index contributed by atoms with van der Waals surface area (Å²) in [5.74, 6) is 3.24. The van der Waals surface area contributed by atoms with Crippen molar-refractivity contribution in [1.82, 2.24) is 14.8 Å². The fraction of sp³-hybridized carbons (Fsp3) is 0.400. The molecule has 61 heavy (non-hydrogen) atoms. The van der Waals surface area contributed by atoms with E-state index >= 15 is 0 Å². The summed E-state index contributed by atoms with van der Waals surface area (Å²) in [5, 5.41) is 15.5. The van der Waals surface area contributed by atoms with E-state index in [1.165, 1.54) is 79.3 Å². The number of rotatable bonds is 5. The van der Waals surface area contributed by atoms with Gasteiger partial charge in [-0.3, -0.25) is 10.2 Å². The van der Waals surface area contributed by atoms with E-state index in [0.29, 0.717) is 5.92 Å². The molecule has 0 spiro atoms. The van der Waals surface area contributed by atoms with Gasteiger partial charge in [-0.15, -0.1) is 0 Å². The Kier molecular flexibility index (Phi) is 8.81. The van der Waals surface area contributed by atoms with Crippen molar-refractivity contribution in [1.29, 1.82) is 5.26 Å². The van der Waals surface area contributed by atoms with Gasteiger partial charge in [0.2, 0.25) is 0 Å². The molecule has 7 aliphatic carbocycles. The van der Waals surface area contributed by atoms with E-state index in [9.17, 15) is 5.26 Å². The van der Waals surface area contributed by atoms with Gasteiger partial charge in [0.1, 0.15) is 17.6 Å². The summed E-state index contributed by atoms with van der Waals surface area (Å²) in [6.07, 6.45) is 42.7. The number of hydrogen-bond donors (Lipinski definition) is 1. The van der Waals surface area contributed by atoms with Crippen LogP contribution in [0.5, 0.6) is 0 Å². The average Bonchev–Trinajstić information content (AvgIpc) is 3.91. The minimum Gasteiger partial charge on any atom is -0.461 e. The van der Waals surface area contributed by atoms with Crippen LogP contribution in [0.4, 0.5) is 5.69 Å². The molecule has 0 radical (unpaired) electrons. The third-order valence-electron chi connectivity index (χ3n) is 15.4. The summed E-state index contributed by atoms with van der Waals surface area (Å²) in [5.41, 5.74) is 19.4. The van der Waals surface area contributed by atoms with Crippen LogP contribution in [0, 0.1) is 29.1 Å². The fourth-order valence-corrected chi connectivity index (χ4v) is 12.5. The van der Waals surface area contributed by atoms with Crippen LogP contribution >= 0.6 is 0 Å². The van der Waals surface area contributed by atoms with Gasteiger partial charge in [0.25, 0.3) is 0 Å². The van der Waals surface area contributed by atoms with Crippen molar-refractivity contribution in [3.05, 3.63) is 163 Å². The zero-order valence-electron chi connectivity index (χ0n) is 36.2. The van der Waals surface area contributed by atoms with Crippen LogP contribution in [0.2, 0.25) is 0 Å². The molecule has 3 aliphatic heterocycles. The molecule has 7 unspecified atom stereocenters. The maximum atomic E-state index is 11.3. The molecule has 6 nitrogen and oxygen atoms in total. The molecule has 308 valence electrons. The number of nitriles is 1. The third kappa shape index (κ3) is 5.80. The average molecular weight is 804 g/mol. The summed E-state index contributed by atoms with van der Waals surface area (Å²) in [6, 6.07) is 7.92. The predicted molar refractivity (Wildman–Crippen MR) is 246 cm³/mol. The smallest absolute Gasteiger partial charge is 0.126 e. The lowest BCUT2D eigenvalue weighted by Gasteiger charge is -2.55. The van der Waals surface area contributed by atoms with E-state index in [0.717, 1.165) is 87.0 Å². The van der Waals surface area contributed by atoms with Gasteiger partial charge in [-0.25, -0.2) is 0 Å².